The van der Waals surface area contributed by atoms with Crippen molar-refractivity contribution in [1.82, 2.24) is 4.90 Å². The van der Waals surface area contributed by atoms with Crippen LogP contribution in [0, 0.1) is 6.92 Å². The number of likely N-dealkylation sites (tertiary alicyclic amines) is 1. The Balaban J connectivity index is 1.91. The van der Waals surface area contributed by atoms with Crippen LogP contribution in [-0.2, 0) is 15.1 Å². The van der Waals surface area contributed by atoms with Crippen molar-refractivity contribution in [2.45, 2.75) is 32.0 Å². The molecule has 0 bridgehead atoms. The summed E-state index contributed by atoms with van der Waals surface area (Å²) in [6, 6.07) is 16.4. The first kappa shape index (κ1) is 17.6. The normalized spacial score (nSPS) is 20.2. The third-order valence-electron chi connectivity index (χ3n) is 4.91. The lowest BCUT2D eigenvalue weighted by Gasteiger charge is -2.28. The van der Waals surface area contributed by atoms with E-state index in [1.165, 1.54) is 0 Å². The van der Waals surface area contributed by atoms with Crippen molar-refractivity contribution in [2.24, 2.45) is 0 Å². The lowest BCUT2D eigenvalue weighted by molar-refractivity contribution is -0.167. The van der Waals surface area contributed by atoms with Crippen molar-refractivity contribution in [3.63, 3.8) is 0 Å². The molecule has 2 aromatic rings. The molecule has 0 amide bonds. The number of benzene rings is 2. The van der Waals surface area contributed by atoms with Crippen LogP contribution in [0.1, 0.15) is 30.0 Å². The quantitative estimate of drug-likeness (QED) is 0.851. The Labute approximate surface area is 149 Å². The summed E-state index contributed by atoms with van der Waals surface area (Å²) in [5.41, 5.74) is 0.324. The number of nitrogens with zero attached hydrogens (tertiary/aromatic N) is 1. The fourth-order valence-corrected chi connectivity index (χ4v) is 3.29. The molecular formula is C21H25NO3. The maximum atomic E-state index is 13.0. The van der Waals surface area contributed by atoms with Crippen molar-refractivity contribution in [3.05, 3.63) is 71.3 Å². The number of rotatable bonds is 5. The van der Waals surface area contributed by atoms with Crippen molar-refractivity contribution >= 4 is 5.97 Å². The first-order valence-corrected chi connectivity index (χ1v) is 8.82. The highest BCUT2D eigenvalue weighted by Gasteiger charge is 2.43. The molecule has 0 aliphatic carbocycles. The highest BCUT2D eigenvalue weighted by Crippen LogP contribution is 2.32. The molecule has 2 atom stereocenters. The number of carbonyl (C=O) groups is 1. The van der Waals surface area contributed by atoms with Crippen LogP contribution in [0.3, 0.4) is 0 Å². The van der Waals surface area contributed by atoms with E-state index in [-0.39, 0.29) is 6.10 Å². The summed E-state index contributed by atoms with van der Waals surface area (Å²) in [5, 5.41) is 11.4. The van der Waals surface area contributed by atoms with Crippen LogP contribution in [0.15, 0.2) is 54.6 Å². The summed E-state index contributed by atoms with van der Waals surface area (Å²) < 4.78 is 5.72. The minimum Gasteiger partial charge on any atom is -0.458 e. The van der Waals surface area contributed by atoms with E-state index in [0.29, 0.717) is 11.1 Å². The van der Waals surface area contributed by atoms with Gasteiger partial charge in [-0.2, -0.15) is 0 Å². The molecule has 4 heteroatoms. The molecule has 1 heterocycles. The molecule has 0 aromatic heterocycles. The SMILES string of the molecule is CCN1CCC(OC(=O)C(O)(c2ccccc2)c2ccc(C)cc2)C1. The highest BCUT2D eigenvalue weighted by molar-refractivity contribution is 5.85. The molecule has 0 radical (unpaired) electrons. The fourth-order valence-electron chi connectivity index (χ4n) is 3.29. The van der Waals surface area contributed by atoms with Gasteiger partial charge in [-0.05, 0) is 31.0 Å². The summed E-state index contributed by atoms with van der Waals surface area (Å²) in [4.78, 5) is 15.3. The van der Waals surface area contributed by atoms with Gasteiger partial charge in [-0.3, -0.25) is 4.90 Å². The van der Waals surface area contributed by atoms with Crippen LogP contribution < -0.4 is 0 Å². The number of hydrogen-bond acceptors (Lipinski definition) is 4. The fraction of sp³-hybridized carbons (Fsp3) is 0.381. The van der Waals surface area contributed by atoms with Crippen molar-refractivity contribution in [3.8, 4) is 0 Å². The van der Waals surface area contributed by atoms with E-state index in [2.05, 4.69) is 11.8 Å². The van der Waals surface area contributed by atoms with Gasteiger partial charge in [0.2, 0.25) is 5.60 Å². The number of aryl methyl sites for hydroxylation is 1. The third kappa shape index (κ3) is 3.60. The molecule has 1 fully saturated rings. The Bertz CT molecular complexity index is 714. The summed E-state index contributed by atoms with van der Waals surface area (Å²) in [5.74, 6) is -0.606. The molecule has 0 spiro atoms. The van der Waals surface area contributed by atoms with E-state index in [4.69, 9.17) is 4.74 Å². The zero-order valence-corrected chi connectivity index (χ0v) is 14.8. The van der Waals surface area contributed by atoms with Crippen LogP contribution >= 0.6 is 0 Å². The number of ether oxygens (including phenoxy) is 1. The van der Waals surface area contributed by atoms with Gasteiger partial charge in [0.25, 0.3) is 0 Å². The molecule has 2 unspecified atom stereocenters. The van der Waals surface area contributed by atoms with Crippen LogP contribution in [-0.4, -0.2) is 41.7 Å². The summed E-state index contributed by atoms with van der Waals surface area (Å²) in [7, 11) is 0. The number of carbonyl (C=O) groups excluding carboxylic acids is 1. The molecule has 132 valence electrons. The maximum Gasteiger partial charge on any atom is 0.348 e. The molecule has 4 nitrogen and oxygen atoms in total. The van der Waals surface area contributed by atoms with Gasteiger partial charge >= 0.3 is 5.97 Å². The van der Waals surface area contributed by atoms with Crippen molar-refractivity contribution in [2.75, 3.05) is 19.6 Å². The second-order valence-electron chi connectivity index (χ2n) is 6.65. The van der Waals surface area contributed by atoms with Gasteiger partial charge in [-0.15, -0.1) is 0 Å². The average Bonchev–Trinajstić information content (AvgIpc) is 3.10. The molecule has 1 aliphatic rings. The van der Waals surface area contributed by atoms with Gasteiger partial charge in [0.15, 0.2) is 0 Å². The largest absolute Gasteiger partial charge is 0.458 e. The molecule has 1 N–H and O–H groups in total. The summed E-state index contributed by atoms with van der Waals surface area (Å²) in [6.07, 6.45) is 0.631. The van der Waals surface area contributed by atoms with E-state index >= 15 is 0 Å². The molecule has 3 rings (SSSR count). The standard InChI is InChI=1S/C21H25NO3/c1-3-22-14-13-19(15-22)25-20(23)21(24,17-7-5-4-6-8-17)18-11-9-16(2)10-12-18/h4-12,19,24H,3,13-15H2,1-2H3. The predicted molar refractivity (Wildman–Crippen MR) is 97.2 cm³/mol. The maximum absolute atomic E-state index is 13.0. The smallest absolute Gasteiger partial charge is 0.348 e. The van der Waals surface area contributed by atoms with Crippen LogP contribution in [0.25, 0.3) is 0 Å². The average molecular weight is 339 g/mol. The lowest BCUT2D eigenvalue weighted by Crippen LogP contribution is -2.41. The Morgan fingerprint density at radius 1 is 1.16 bits per heavy atom. The van der Waals surface area contributed by atoms with Gasteiger partial charge in [-0.25, -0.2) is 4.79 Å². The Morgan fingerprint density at radius 2 is 1.80 bits per heavy atom. The molecule has 1 aliphatic heterocycles. The van der Waals surface area contributed by atoms with Crippen LogP contribution in [0.4, 0.5) is 0 Å². The minimum absolute atomic E-state index is 0.173. The first-order chi connectivity index (χ1) is 12.0. The minimum atomic E-state index is -1.80. The number of hydrogen-bond donors (Lipinski definition) is 1. The Morgan fingerprint density at radius 3 is 2.40 bits per heavy atom. The predicted octanol–water partition coefficient (Wildman–Crippen LogP) is 2.87. The van der Waals surface area contributed by atoms with E-state index in [1.54, 1.807) is 24.3 Å². The zero-order valence-electron chi connectivity index (χ0n) is 14.8. The number of aliphatic hydroxyl groups is 1. The highest BCUT2D eigenvalue weighted by atomic mass is 16.6. The molecule has 0 saturated carbocycles. The van der Waals surface area contributed by atoms with E-state index < -0.39 is 11.6 Å². The summed E-state index contributed by atoms with van der Waals surface area (Å²) >= 11 is 0. The topological polar surface area (TPSA) is 49.8 Å². The van der Waals surface area contributed by atoms with Gasteiger partial charge in [0, 0.05) is 13.1 Å². The second kappa shape index (κ2) is 7.38. The summed E-state index contributed by atoms with van der Waals surface area (Å²) in [6.45, 7) is 6.65. The van der Waals surface area contributed by atoms with Gasteiger partial charge in [-0.1, -0.05) is 67.1 Å². The van der Waals surface area contributed by atoms with Crippen molar-refractivity contribution < 1.29 is 14.6 Å². The van der Waals surface area contributed by atoms with E-state index in [0.717, 1.165) is 31.6 Å². The van der Waals surface area contributed by atoms with E-state index in [9.17, 15) is 9.90 Å². The number of likely N-dealkylation sites (N-methyl/N-ethyl adjacent to an activating group) is 1. The van der Waals surface area contributed by atoms with Gasteiger partial charge < -0.3 is 9.84 Å². The monoisotopic (exact) mass is 339 g/mol. The number of esters is 1. The second-order valence-corrected chi connectivity index (χ2v) is 6.65. The zero-order chi connectivity index (χ0) is 17.9. The lowest BCUT2D eigenvalue weighted by atomic mass is 9.86. The molecule has 25 heavy (non-hydrogen) atoms. The van der Waals surface area contributed by atoms with Crippen LogP contribution in [0.5, 0.6) is 0 Å². The molecule has 1 saturated heterocycles. The molecular weight excluding hydrogens is 314 g/mol. The Kier molecular flexibility index (Phi) is 5.21. The first-order valence-electron chi connectivity index (χ1n) is 8.82. The van der Waals surface area contributed by atoms with E-state index in [1.807, 2.05) is 37.3 Å². The van der Waals surface area contributed by atoms with Gasteiger partial charge in [0.05, 0.1) is 0 Å². The van der Waals surface area contributed by atoms with Gasteiger partial charge in [0.1, 0.15) is 6.10 Å². The third-order valence-corrected chi connectivity index (χ3v) is 4.91. The van der Waals surface area contributed by atoms with Crippen molar-refractivity contribution in [1.29, 1.82) is 0 Å². The van der Waals surface area contributed by atoms with Crippen LogP contribution in [0.2, 0.25) is 0 Å². The molecule has 2 aromatic carbocycles. The Hall–Kier alpha value is -2.17.